The average molecular weight is 377 g/mol. The van der Waals surface area contributed by atoms with Crippen molar-refractivity contribution in [1.29, 1.82) is 0 Å². The van der Waals surface area contributed by atoms with Gasteiger partial charge in [-0.25, -0.2) is 4.79 Å². The largest absolute Gasteiger partial charge is 0.489 e. The van der Waals surface area contributed by atoms with Crippen molar-refractivity contribution >= 4 is 22.7 Å². The number of nitrogens with zero attached hydrogens (tertiary/aromatic N) is 3. The third kappa shape index (κ3) is 3.86. The number of carboxylic acid groups (broad SMARTS) is 1. The summed E-state index contributed by atoms with van der Waals surface area (Å²) in [6.07, 6.45) is 1.00. The van der Waals surface area contributed by atoms with Crippen molar-refractivity contribution in [3.05, 3.63) is 66.4 Å². The molecule has 1 aliphatic rings. The minimum absolute atomic E-state index is 0.0987. The lowest BCUT2D eigenvalue weighted by molar-refractivity contribution is 0.136. The third-order valence-electron chi connectivity index (χ3n) is 5.12. The Labute approximate surface area is 164 Å². The van der Waals surface area contributed by atoms with Crippen molar-refractivity contribution in [3.8, 4) is 5.75 Å². The first-order valence-corrected chi connectivity index (χ1v) is 9.41. The van der Waals surface area contributed by atoms with Crippen LogP contribution < -0.4 is 9.64 Å². The lowest BCUT2D eigenvalue weighted by Gasteiger charge is -2.40. The maximum Gasteiger partial charge on any atom is 0.407 e. The van der Waals surface area contributed by atoms with Gasteiger partial charge >= 0.3 is 6.09 Å². The fraction of sp³-hybridized carbons (Fsp3) is 0.273. The van der Waals surface area contributed by atoms with E-state index in [4.69, 9.17) is 4.74 Å². The van der Waals surface area contributed by atoms with E-state index in [1.807, 2.05) is 61.7 Å². The highest BCUT2D eigenvalue weighted by Gasteiger charge is 2.26. The number of anilines is 1. The minimum atomic E-state index is -0.858. The number of piperazine rings is 1. The van der Waals surface area contributed by atoms with Crippen LogP contribution in [0.4, 0.5) is 10.5 Å². The summed E-state index contributed by atoms with van der Waals surface area (Å²) in [7, 11) is 0. The van der Waals surface area contributed by atoms with Gasteiger partial charge in [0.15, 0.2) is 0 Å². The van der Waals surface area contributed by atoms with Crippen LogP contribution in [0.15, 0.2) is 60.8 Å². The van der Waals surface area contributed by atoms with Gasteiger partial charge in [-0.2, -0.15) is 0 Å². The Bertz CT molecular complexity index is 977. The molecule has 144 valence electrons. The number of aromatic nitrogens is 1. The fourth-order valence-corrected chi connectivity index (χ4v) is 3.60. The van der Waals surface area contributed by atoms with Gasteiger partial charge in [0, 0.05) is 31.1 Å². The van der Waals surface area contributed by atoms with Crippen molar-refractivity contribution in [3.63, 3.8) is 0 Å². The number of amides is 1. The van der Waals surface area contributed by atoms with E-state index in [0.29, 0.717) is 26.2 Å². The highest BCUT2D eigenvalue weighted by Crippen LogP contribution is 2.26. The van der Waals surface area contributed by atoms with Gasteiger partial charge in [0.1, 0.15) is 12.4 Å². The van der Waals surface area contributed by atoms with Crippen molar-refractivity contribution in [1.82, 2.24) is 9.88 Å². The molecule has 0 spiro atoms. The second-order valence-electron chi connectivity index (χ2n) is 7.09. The van der Waals surface area contributed by atoms with Gasteiger partial charge in [0.05, 0.1) is 17.4 Å². The van der Waals surface area contributed by atoms with Crippen molar-refractivity contribution in [2.75, 3.05) is 24.5 Å². The number of fused-ring (bicyclic) bond motifs is 1. The topological polar surface area (TPSA) is 65.9 Å². The molecular formula is C22H23N3O3. The van der Waals surface area contributed by atoms with Crippen LogP contribution in [-0.4, -0.2) is 46.8 Å². The number of carbonyl (C=O) groups is 1. The highest BCUT2D eigenvalue weighted by molar-refractivity contribution is 5.83. The average Bonchev–Trinajstić information content (AvgIpc) is 2.72. The smallest absolute Gasteiger partial charge is 0.407 e. The summed E-state index contributed by atoms with van der Waals surface area (Å²) < 4.78 is 5.93. The van der Waals surface area contributed by atoms with E-state index in [1.165, 1.54) is 4.90 Å². The van der Waals surface area contributed by atoms with Gasteiger partial charge in [0.25, 0.3) is 0 Å². The van der Waals surface area contributed by atoms with Crippen LogP contribution >= 0.6 is 0 Å². The third-order valence-corrected chi connectivity index (χ3v) is 5.12. The zero-order valence-corrected chi connectivity index (χ0v) is 15.8. The fourth-order valence-electron chi connectivity index (χ4n) is 3.60. The zero-order valence-electron chi connectivity index (χ0n) is 15.8. The standard InChI is InChI=1S/C22H23N3O3/c1-16-14-24(22(26)27)9-10-25(16)19-11-18-12-20(7-8-21(18)23-13-19)28-15-17-5-3-2-4-6-17/h2-8,11-13,16H,9-10,14-15H2,1H3,(H,26,27). The van der Waals surface area contributed by atoms with Crippen molar-refractivity contribution in [2.24, 2.45) is 0 Å². The van der Waals surface area contributed by atoms with E-state index < -0.39 is 6.09 Å². The molecule has 6 heteroatoms. The Morgan fingerprint density at radius 3 is 2.75 bits per heavy atom. The highest BCUT2D eigenvalue weighted by atomic mass is 16.5. The quantitative estimate of drug-likeness (QED) is 0.744. The predicted molar refractivity (Wildman–Crippen MR) is 109 cm³/mol. The minimum Gasteiger partial charge on any atom is -0.489 e. The van der Waals surface area contributed by atoms with Crippen LogP contribution in [0.2, 0.25) is 0 Å². The Hall–Kier alpha value is -3.28. The molecule has 0 aliphatic carbocycles. The van der Waals surface area contributed by atoms with Crippen LogP contribution in [0.3, 0.4) is 0 Å². The Morgan fingerprint density at radius 2 is 2.00 bits per heavy atom. The number of rotatable bonds is 4. The number of ether oxygens (including phenoxy) is 1. The summed E-state index contributed by atoms with van der Waals surface area (Å²) in [5, 5.41) is 10.2. The molecule has 0 radical (unpaired) electrons. The monoisotopic (exact) mass is 377 g/mol. The lowest BCUT2D eigenvalue weighted by Crippen LogP contribution is -2.53. The normalized spacial score (nSPS) is 17.0. The summed E-state index contributed by atoms with van der Waals surface area (Å²) in [6, 6.07) is 18.2. The molecule has 28 heavy (non-hydrogen) atoms. The number of pyridine rings is 1. The number of hydrogen-bond acceptors (Lipinski definition) is 4. The SMILES string of the molecule is CC1CN(C(=O)O)CCN1c1cnc2ccc(OCc3ccccc3)cc2c1. The molecule has 1 N–H and O–H groups in total. The van der Waals surface area contributed by atoms with Crippen molar-refractivity contribution in [2.45, 2.75) is 19.6 Å². The molecule has 0 saturated carbocycles. The summed E-state index contributed by atoms with van der Waals surface area (Å²) >= 11 is 0. The molecule has 1 aliphatic heterocycles. The van der Waals surface area contributed by atoms with Gasteiger partial charge in [-0.3, -0.25) is 4.98 Å². The molecule has 2 heterocycles. The molecule has 4 rings (SSSR count). The second-order valence-corrected chi connectivity index (χ2v) is 7.09. The zero-order chi connectivity index (χ0) is 19.5. The Balaban J connectivity index is 1.52. The van der Waals surface area contributed by atoms with Gasteiger partial charge in [-0.05, 0) is 36.8 Å². The first kappa shape index (κ1) is 18.1. The molecule has 1 atom stereocenters. The predicted octanol–water partition coefficient (Wildman–Crippen LogP) is 4.00. The van der Waals surface area contributed by atoms with E-state index in [1.54, 1.807) is 0 Å². The molecule has 6 nitrogen and oxygen atoms in total. The van der Waals surface area contributed by atoms with Gasteiger partial charge in [-0.1, -0.05) is 30.3 Å². The Morgan fingerprint density at radius 1 is 1.18 bits per heavy atom. The number of benzene rings is 2. The molecule has 1 fully saturated rings. The van der Waals surface area contributed by atoms with Gasteiger partial charge in [0.2, 0.25) is 0 Å². The van der Waals surface area contributed by atoms with Crippen molar-refractivity contribution < 1.29 is 14.6 Å². The van der Waals surface area contributed by atoms with E-state index in [-0.39, 0.29) is 6.04 Å². The molecule has 1 amide bonds. The van der Waals surface area contributed by atoms with Crippen LogP contribution in [-0.2, 0) is 6.61 Å². The van der Waals surface area contributed by atoms with E-state index in [2.05, 4.69) is 16.0 Å². The summed E-state index contributed by atoms with van der Waals surface area (Å²) in [6.45, 7) is 4.21. The lowest BCUT2D eigenvalue weighted by atomic mass is 10.1. The molecule has 1 aromatic heterocycles. The van der Waals surface area contributed by atoms with Gasteiger partial charge < -0.3 is 19.6 Å². The molecular weight excluding hydrogens is 354 g/mol. The van der Waals surface area contributed by atoms with E-state index in [9.17, 15) is 9.90 Å². The maximum atomic E-state index is 11.2. The molecule has 0 bridgehead atoms. The van der Waals surface area contributed by atoms with Crippen LogP contribution in [0, 0.1) is 0 Å². The molecule has 1 unspecified atom stereocenters. The summed E-state index contributed by atoms with van der Waals surface area (Å²) in [5.41, 5.74) is 3.04. The Kier molecular flexibility index (Phi) is 5.02. The van der Waals surface area contributed by atoms with Crippen LogP contribution in [0.1, 0.15) is 12.5 Å². The molecule has 1 saturated heterocycles. The van der Waals surface area contributed by atoms with E-state index in [0.717, 1.165) is 27.9 Å². The van der Waals surface area contributed by atoms with E-state index >= 15 is 0 Å². The molecule has 2 aromatic carbocycles. The van der Waals surface area contributed by atoms with Gasteiger partial charge in [-0.15, -0.1) is 0 Å². The second kappa shape index (κ2) is 7.76. The molecule has 3 aromatic rings. The van der Waals surface area contributed by atoms with Crippen LogP contribution in [0.5, 0.6) is 5.75 Å². The number of hydrogen-bond donors (Lipinski definition) is 1. The first-order chi connectivity index (χ1) is 13.6. The summed E-state index contributed by atoms with van der Waals surface area (Å²) in [5.74, 6) is 0.805. The summed E-state index contributed by atoms with van der Waals surface area (Å²) in [4.78, 5) is 19.5. The first-order valence-electron chi connectivity index (χ1n) is 9.41. The van der Waals surface area contributed by atoms with Crippen LogP contribution in [0.25, 0.3) is 10.9 Å². The maximum absolute atomic E-state index is 11.2.